The van der Waals surface area contributed by atoms with E-state index in [1.54, 1.807) is 11.3 Å². The van der Waals surface area contributed by atoms with E-state index >= 15 is 0 Å². The molecule has 0 aromatic carbocycles. The number of rotatable bonds is 5. The molecule has 0 radical (unpaired) electrons. The topological polar surface area (TPSA) is 36.4 Å². The molecule has 0 saturated carbocycles. The summed E-state index contributed by atoms with van der Waals surface area (Å²) in [6.07, 6.45) is 1.82. The van der Waals surface area contributed by atoms with Crippen LogP contribution in [0, 0.1) is 0 Å². The Morgan fingerprint density at radius 3 is 2.85 bits per heavy atom. The average Bonchev–Trinajstić information content (AvgIpc) is 2.56. The number of thiazole rings is 1. The Morgan fingerprint density at radius 1 is 1.62 bits per heavy atom. The molecule has 0 aliphatic carbocycles. The molecule has 1 rings (SSSR count). The lowest BCUT2D eigenvalue weighted by molar-refractivity contribution is 0.159. The van der Waals surface area contributed by atoms with Crippen molar-refractivity contribution in [1.29, 1.82) is 0 Å². The predicted molar refractivity (Wildman–Crippen MR) is 54.7 cm³/mol. The van der Waals surface area contributed by atoms with Crippen LogP contribution >= 0.6 is 11.3 Å². The van der Waals surface area contributed by atoms with Gasteiger partial charge in [0, 0.05) is 24.2 Å². The van der Waals surface area contributed by atoms with Gasteiger partial charge in [0.25, 0.3) is 0 Å². The third-order valence-electron chi connectivity index (χ3n) is 1.94. The van der Waals surface area contributed by atoms with Crippen LogP contribution in [0.15, 0.2) is 11.6 Å². The van der Waals surface area contributed by atoms with E-state index in [0.29, 0.717) is 6.04 Å². The first-order chi connectivity index (χ1) is 6.24. The fourth-order valence-corrected chi connectivity index (χ4v) is 1.79. The van der Waals surface area contributed by atoms with E-state index in [4.69, 9.17) is 5.11 Å². The summed E-state index contributed by atoms with van der Waals surface area (Å²) in [5, 5.41) is 11.9. The van der Waals surface area contributed by atoms with Gasteiger partial charge in [0.2, 0.25) is 0 Å². The maximum atomic E-state index is 8.86. The van der Waals surface area contributed by atoms with Gasteiger partial charge in [-0.1, -0.05) is 0 Å². The van der Waals surface area contributed by atoms with E-state index in [0.717, 1.165) is 18.1 Å². The van der Waals surface area contributed by atoms with Gasteiger partial charge in [-0.25, -0.2) is 4.98 Å². The Morgan fingerprint density at radius 2 is 2.38 bits per heavy atom. The number of hydrogen-bond acceptors (Lipinski definition) is 4. The molecule has 1 N–H and O–H groups in total. The van der Waals surface area contributed by atoms with E-state index in [1.807, 2.05) is 11.6 Å². The van der Waals surface area contributed by atoms with Crippen LogP contribution in [0.25, 0.3) is 0 Å². The zero-order chi connectivity index (χ0) is 9.68. The van der Waals surface area contributed by atoms with Gasteiger partial charge in [-0.3, -0.25) is 4.90 Å². The molecule has 0 aliphatic rings. The Hall–Kier alpha value is -0.450. The number of aliphatic hydroxyl groups is 1. The van der Waals surface area contributed by atoms with Crippen molar-refractivity contribution >= 4 is 11.3 Å². The highest BCUT2D eigenvalue weighted by Gasteiger charge is 2.10. The largest absolute Gasteiger partial charge is 0.395 e. The van der Waals surface area contributed by atoms with Gasteiger partial charge in [0.05, 0.1) is 13.2 Å². The molecule has 74 valence electrons. The number of aliphatic hydroxyl groups excluding tert-OH is 1. The SMILES string of the molecule is CC(C)N(CCO)Cc1nccs1. The molecule has 0 unspecified atom stereocenters. The molecule has 1 aromatic rings. The second-order valence-corrected chi connectivity index (χ2v) is 4.19. The standard InChI is InChI=1S/C9H16N2OS/c1-8(2)11(4-5-12)7-9-10-3-6-13-9/h3,6,8,12H,4-5,7H2,1-2H3. The zero-order valence-electron chi connectivity index (χ0n) is 8.10. The van der Waals surface area contributed by atoms with E-state index < -0.39 is 0 Å². The highest BCUT2D eigenvalue weighted by molar-refractivity contribution is 7.09. The Labute approximate surface area is 83.0 Å². The smallest absolute Gasteiger partial charge is 0.107 e. The van der Waals surface area contributed by atoms with Gasteiger partial charge < -0.3 is 5.11 Å². The van der Waals surface area contributed by atoms with Crippen molar-refractivity contribution in [3.8, 4) is 0 Å². The summed E-state index contributed by atoms with van der Waals surface area (Å²) in [5.74, 6) is 0. The fourth-order valence-electron chi connectivity index (χ4n) is 1.15. The van der Waals surface area contributed by atoms with E-state index in [9.17, 15) is 0 Å². The van der Waals surface area contributed by atoms with Gasteiger partial charge in [0.1, 0.15) is 5.01 Å². The first-order valence-electron chi connectivity index (χ1n) is 4.47. The summed E-state index contributed by atoms with van der Waals surface area (Å²) < 4.78 is 0. The summed E-state index contributed by atoms with van der Waals surface area (Å²) in [6.45, 7) is 6.03. The highest BCUT2D eigenvalue weighted by atomic mass is 32.1. The monoisotopic (exact) mass is 200 g/mol. The zero-order valence-corrected chi connectivity index (χ0v) is 8.92. The molecular formula is C9H16N2OS. The minimum atomic E-state index is 0.212. The van der Waals surface area contributed by atoms with Crippen LogP contribution in [0.3, 0.4) is 0 Å². The van der Waals surface area contributed by atoms with Gasteiger partial charge in [-0.2, -0.15) is 0 Å². The van der Waals surface area contributed by atoms with Crippen molar-refractivity contribution in [1.82, 2.24) is 9.88 Å². The molecule has 0 amide bonds. The molecule has 0 spiro atoms. The summed E-state index contributed by atoms with van der Waals surface area (Å²) in [7, 11) is 0. The molecule has 1 aromatic heterocycles. The molecule has 0 fully saturated rings. The summed E-state index contributed by atoms with van der Waals surface area (Å²) in [6, 6.07) is 0.455. The van der Waals surface area contributed by atoms with Crippen molar-refractivity contribution < 1.29 is 5.11 Å². The fraction of sp³-hybridized carbons (Fsp3) is 0.667. The maximum absolute atomic E-state index is 8.86. The normalized spacial score (nSPS) is 11.5. The molecule has 4 heteroatoms. The summed E-state index contributed by atoms with van der Waals surface area (Å²) >= 11 is 1.66. The van der Waals surface area contributed by atoms with E-state index in [-0.39, 0.29) is 6.61 Å². The van der Waals surface area contributed by atoms with Crippen LogP contribution < -0.4 is 0 Å². The number of aromatic nitrogens is 1. The van der Waals surface area contributed by atoms with Gasteiger partial charge >= 0.3 is 0 Å². The minimum absolute atomic E-state index is 0.212. The van der Waals surface area contributed by atoms with Crippen molar-refractivity contribution in [3.63, 3.8) is 0 Å². The number of hydrogen-bond donors (Lipinski definition) is 1. The highest BCUT2D eigenvalue weighted by Crippen LogP contribution is 2.09. The molecule has 3 nitrogen and oxygen atoms in total. The second kappa shape index (κ2) is 5.32. The molecule has 0 atom stereocenters. The van der Waals surface area contributed by atoms with Gasteiger partial charge in [-0.15, -0.1) is 11.3 Å². The average molecular weight is 200 g/mol. The molecular weight excluding hydrogens is 184 g/mol. The quantitative estimate of drug-likeness (QED) is 0.779. The lowest BCUT2D eigenvalue weighted by Crippen LogP contribution is -2.32. The Balaban J connectivity index is 2.47. The summed E-state index contributed by atoms with van der Waals surface area (Å²) in [5.41, 5.74) is 0. The molecule has 13 heavy (non-hydrogen) atoms. The molecule has 0 bridgehead atoms. The van der Waals surface area contributed by atoms with Crippen LogP contribution in [-0.2, 0) is 6.54 Å². The number of nitrogens with zero attached hydrogens (tertiary/aromatic N) is 2. The van der Waals surface area contributed by atoms with Crippen molar-refractivity contribution in [3.05, 3.63) is 16.6 Å². The van der Waals surface area contributed by atoms with Crippen molar-refractivity contribution in [2.75, 3.05) is 13.2 Å². The van der Waals surface area contributed by atoms with Crippen LogP contribution in [-0.4, -0.2) is 34.2 Å². The third-order valence-corrected chi connectivity index (χ3v) is 2.70. The van der Waals surface area contributed by atoms with Crippen LogP contribution in [0.2, 0.25) is 0 Å². The van der Waals surface area contributed by atoms with Crippen molar-refractivity contribution in [2.45, 2.75) is 26.4 Å². The van der Waals surface area contributed by atoms with E-state index in [2.05, 4.69) is 23.7 Å². The maximum Gasteiger partial charge on any atom is 0.107 e. The van der Waals surface area contributed by atoms with Crippen LogP contribution in [0.1, 0.15) is 18.9 Å². The molecule has 1 heterocycles. The molecule has 0 saturated heterocycles. The minimum Gasteiger partial charge on any atom is -0.395 e. The van der Waals surface area contributed by atoms with E-state index in [1.165, 1.54) is 0 Å². The van der Waals surface area contributed by atoms with Gasteiger partial charge in [-0.05, 0) is 13.8 Å². The van der Waals surface area contributed by atoms with Crippen LogP contribution in [0.4, 0.5) is 0 Å². The molecule has 0 aliphatic heterocycles. The van der Waals surface area contributed by atoms with Crippen molar-refractivity contribution in [2.24, 2.45) is 0 Å². The van der Waals surface area contributed by atoms with Gasteiger partial charge in [0.15, 0.2) is 0 Å². The first-order valence-corrected chi connectivity index (χ1v) is 5.35. The first kappa shape index (κ1) is 10.6. The Bertz CT molecular complexity index is 224. The van der Waals surface area contributed by atoms with Crippen LogP contribution in [0.5, 0.6) is 0 Å². The third kappa shape index (κ3) is 3.42. The predicted octanol–water partition coefficient (Wildman–Crippen LogP) is 1.35. The summed E-state index contributed by atoms with van der Waals surface area (Å²) in [4.78, 5) is 6.42. The lowest BCUT2D eigenvalue weighted by Gasteiger charge is -2.24. The Kier molecular flexibility index (Phi) is 4.35. The second-order valence-electron chi connectivity index (χ2n) is 3.21. The lowest BCUT2D eigenvalue weighted by atomic mass is 10.3.